The first-order valence-corrected chi connectivity index (χ1v) is 3.96. The number of nitrogens with zero attached hydrogens (tertiary/aromatic N) is 1. The fourth-order valence-corrected chi connectivity index (χ4v) is 1.10. The second-order valence-electron chi connectivity index (χ2n) is 2.60. The molecule has 0 unspecified atom stereocenters. The summed E-state index contributed by atoms with van der Waals surface area (Å²) < 4.78 is 4.79. The van der Waals surface area contributed by atoms with Crippen molar-refractivity contribution in [3.63, 3.8) is 0 Å². The molecule has 1 saturated heterocycles. The summed E-state index contributed by atoms with van der Waals surface area (Å²) in [5.74, 6) is 0. The molecule has 4 nitrogen and oxygen atoms in total. The van der Waals surface area contributed by atoms with Gasteiger partial charge in [0.2, 0.25) is 0 Å². The molecule has 1 amide bonds. The smallest absolute Gasteiger partial charge is 0.410 e. The standard InChI is InChI=1S/C9H11NO3/c1-2-8-7-13-9(12)10(8)5-3-4-6-11/h2-4,6,8H,1,5,7H2/b4-3-/t8-/m0/s1. The summed E-state index contributed by atoms with van der Waals surface area (Å²) in [6.07, 6.45) is 4.92. The number of amides is 1. The van der Waals surface area contributed by atoms with Gasteiger partial charge in [0.05, 0.1) is 6.04 Å². The molecule has 1 fully saturated rings. The number of hydrogen-bond donors (Lipinski definition) is 0. The Balaban J connectivity index is 2.54. The zero-order chi connectivity index (χ0) is 9.68. The largest absolute Gasteiger partial charge is 0.447 e. The van der Waals surface area contributed by atoms with Crippen molar-refractivity contribution >= 4 is 12.4 Å². The second kappa shape index (κ2) is 4.45. The maximum absolute atomic E-state index is 11.1. The number of rotatable bonds is 4. The van der Waals surface area contributed by atoms with E-state index < -0.39 is 0 Å². The second-order valence-corrected chi connectivity index (χ2v) is 2.60. The molecule has 0 radical (unpaired) electrons. The molecular formula is C9H11NO3. The summed E-state index contributed by atoms with van der Waals surface area (Å²) >= 11 is 0. The molecule has 1 rings (SSSR count). The number of cyclic esters (lactones) is 1. The lowest BCUT2D eigenvalue weighted by Gasteiger charge is -2.15. The highest BCUT2D eigenvalue weighted by atomic mass is 16.6. The van der Waals surface area contributed by atoms with Crippen molar-refractivity contribution in [1.29, 1.82) is 0 Å². The number of hydrogen-bond acceptors (Lipinski definition) is 3. The average molecular weight is 181 g/mol. The number of carbonyl (C=O) groups is 2. The van der Waals surface area contributed by atoms with Gasteiger partial charge in [-0.25, -0.2) is 4.79 Å². The molecule has 0 spiro atoms. The Hall–Kier alpha value is -1.58. The van der Waals surface area contributed by atoms with Gasteiger partial charge in [0.25, 0.3) is 0 Å². The van der Waals surface area contributed by atoms with E-state index in [0.717, 1.165) is 0 Å². The highest BCUT2D eigenvalue weighted by Crippen LogP contribution is 2.12. The van der Waals surface area contributed by atoms with E-state index in [1.165, 1.54) is 11.0 Å². The van der Waals surface area contributed by atoms with Crippen LogP contribution in [0.5, 0.6) is 0 Å². The van der Waals surface area contributed by atoms with Gasteiger partial charge in [0, 0.05) is 6.54 Å². The van der Waals surface area contributed by atoms with Crippen LogP contribution in [-0.2, 0) is 9.53 Å². The Labute approximate surface area is 76.5 Å². The Bertz CT molecular complexity index is 247. The van der Waals surface area contributed by atoms with Gasteiger partial charge in [0.15, 0.2) is 0 Å². The summed E-state index contributed by atoms with van der Waals surface area (Å²) in [5.41, 5.74) is 0. The van der Waals surface area contributed by atoms with Crippen LogP contribution in [0.1, 0.15) is 0 Å². The Morgan fingerprint density at radius 3 is 3.08 bits per heavy atom. The first-order chi connectivity index (χ1) is 6.29. The predicted octanol–water partition coefficient (Wildman–Crippen LogP) is 0.748. The van der Waals surface area contributed by atoms with Gasteiger partial charge in [-0.3, -0.25) is 9.69 Å². The van der Waals surface area contributed by atoms with E-state index in [1.54, 1.807) is 12.2 Å². The third-order valence-electron chi connectivity index (χ3n) is 1.80. The summed E-state index contributed by atoms with van der Waals surface area (Å²) in [6, 6.07) is -0.0798. The minimum Gasteiger partial charge on any atom is -0.447 e. The molecule has 13 heavy (non-hydrogen) atoms. The minimum absolute atomic E-state index is 0.0798. The van der Waals surface area contributed by atoms with Gasteiger partial charge in [-0.2, -0.15) is 0 Å². The van der Waals surface area contributed by atoms with Gasteiger partial charge < -0.3 is 4.74 Å². The van der Waals surface area contributed by atoms with Crippen molar-refractivity contribution < 1.29 is 14.3 Å². The molecule has 1 atom stereocenters. The van der Waals surface area contributed by atoms with Crippen LogP contribution in [-0.4, -0.2) is 36.5 Å². The average Bonchev–Trinajstić information content (AvgIpc) is 2.48. The van der Waals surface area contributed by atoms with Crippen LogP contribution in [0.15, 0.2) is 24.8 Å². The Morgan fingerprint density at radius 1 is 1.69 bits per heavy atom. The maximum atomic E-state index is 11.1. The van der Waals surface area contributed by atoms with Crippen LogP contribution < -0.4 is 0 Å². The lowest BCUT2D eigenvalue weighted by atomic mass is 10.3. The number of aldehydes is 1. The first-order valence-electron chi connectivity index (χ1n) is 3.96. The van der Waals surface area contributed by atoms with Crippen LogP contribution >= 0.6 is 0 Å². The van der Waals surface area contributed by atoms with E-state index in [4.69, 9.17) is 4.74 Å². The zero-order valence-electron chi connectivity index (χ0n) is 7.18. The maximum Gasteiger partial charge on any atom is 0.410 e. The number of allylic oxidation sites excluding steroid dienone is 1. The SMILES string of the molecule is C=C[C@H]1COC(=O)N1C/C=C\C=O. The zero-order valence-corrected chi connectivity index (χ0v) is 7.18. The first kappa shape index (κ1) is 9.51. The Kier molecular flexibility index (Phi) is 3.25. The Morgan fingerprint density at radius 2 is 2.46 bits per heavy atom. The highest BCUT2D eigenvalue weighted by Gasteiger charge is 2.29. The molecule has 70 valence electrons. The normalized spacial score (nSPS) is 22.0. The van der Waals surface area contributed by atoms with Crippen LogP contribution in [0, 0.1) is 0 Å². The quantitative estimate of drug-likeness (QED) is 0.365. The van der Waals surface area contributed by atoms with Crippen LogP contribution in [0.4, 0.5) is 4.79 Å². The molecule has 1 aliphatic rings. The van der Waals surface area contributed by atoms with E-state index in [1.807, 2.05) is 0 Å². The molecular weight excluding hydrogens is 170 g/mol. The minimum atomic E-state index is -0.361. The van der Waals surface area contributed by atoms with E-state index in [0.29, 0.717) is 19.4 Å². The van der Waals surface area contributed by atoms with Crippen molar-refractivity contribution in [2.45, 2.75) is 6.04 Å². The van der Waals surface area contributed by atoms with Gasteiger partial charge in [-0.1, -0.05) is 12.2 Å². The molecule has 1 heterocycles. The van der Waals surface area contributed by atoms with Crippen LogP contribution in [0.25, 0.3) is 0 Å². The highest BCUT2D eigenvalue weighted by molar-refractivity contribution is 5.71. The monoisotopic (exact) mass is 181 g/mol. The van der Waals surface area contributed by atoms with E-state index in [2.05, 4.69) is 6.58 Å². The fraction of sp³-hybridized carbons (Fsp3) is 0.333. The lowest BCUT2D eigenvalue weighted by Crippen LogP contribution is -2.31. The summed E-state index contributed by atoms with van der Waals surface area (Å²) in [7, 11) is 0. The lowest BCUT2D eigenvalue weighted by molar-refractivity contribution is -0.104. The fourth-order valence-electron chi connectivity index (χ4n) is 1.10. The topological polar surface area (TPSA) is 46.6 Å². The van der Waals surface area contributed by atoms with Gasteiger partial charge in [0.1, 0.15) is 12.9 Å². The van der Waals surface area contributed by atoms with E-state index >= 15 is 0 Å². The molecule has 0 bridgehead atoms. The van der Waals surface area contributed by atoms with Crippen LogP contribution in [0.2, 0.25) is 0 Å². The van der Waals surface area contributed by atoms with Crippen molar-refractivity contribution in [2.24, 2.45) is 0 Å². The number of carbonyl (C=O) groups excluding carboxylic acids is 2. The van der Waals surface area contributed by atoms with Crippen molar-refractivity contribution in [1.82, 2.24) is 4.90 Å². The van der Waals surface area contributed by atoms with Crippen molar-refractivity contribution in [3.8, 4) is 0 Å². The summed E-state index contributed by atoms with van der Waals surface area (Å²) in [6.45, 7) is 4.32. The molecule has 0 N–H and O–H groups in total. The molecule has 0 aliphatic carbocycles. The van der Waals surface area contributed by atoms with Gasteiger partial charge in [-0.15, -0.1) is 6.58 Å². The van der Waals surface area contributed by atoms with E-state index in [9.17, 15) is 9.59 Å². The predicted molar refractivity (Wildman–Crippen MR) is 47.2 cm³/mol. The van der Waals surface area contributed by atoms with E-state index in [-0.39, 0.29) is 12.1 Å². The summed E-state index contributed by atoms with van der Waals surface area (Å²) in [5, 5.41) is 0. The third kappa shape index (κ3) is 2.18. The van der Waals surface area contributed by atoms with Crippen molar-refractivity contribution in [3.05, 3.63) is 24.8 Å². The van der Waals surface area contributed by atoms with Gasteiger partial charge in [-0.05, 0) is 6.08 Å². The van der Waals surface area contributed by atoms with Crippen molar-refractivity contribution in [2.75, 3.05) is 13.2 Å². The molecule has 0 saturated carbocycles. The molecule has 0 aromatic heterocycles. The molecule has 1 aliphatic heterocycles. The van der Waals surface area contributed by atoms with Gasteiger partial charge >= 0.3 is 6.09 Å². The molecule has 0 aromatic carbocycles. The molecule has 0 aromatic rings. The molecule has 4 heteroatoms. The summed E-state index contributed by atoms with van der Waals surface area (Å²) in [4.78, 5) is 22.5. The van der Waals surface area contributed by atoms with Crippen LogP contribution in [0.3, 0.4) is 0 Å². The number of ether oxygens (including phenoxy) is 1. The third-order valence-corrected chi connectivity index (χ3v) is 1.80.